The molecule has 3 aromatic rings. The van der Waals surface area contributed by atoms with Crippen LogP contribution in [-0.4, -0.2) is 0 Å². The number of azo groups is 2. The van der Waals surface area contributed by atoms with Gasteiger partial charge in [-0.25, -0.2) is 0 Å². The quantitative estimate of drug-likeness (QED) is 0.346. The van der Waals surface area contributed by atoms with Crippen LogP contribution in [0.5, 0.6) is 0 Å². The van der Waals surface area contributed by atoms with Crippen molar-refractivity contribution in [2.75, 3.05) is 0 Å². The van der Waals surface area contributed by atoms with Crippen LogP contribution in [0.3, 0.4) is 0 Å². The average molecular weight is 326 g/mol. The molecule has 0 aliphatic rings. The van der Waals surface area contributed by atoms with E-state index in [0.29, 0.717) is 0 Å². The maximum Gasteiger partial charge on any atom is 0.0936 e. The summed E-state index contributed by atoms with van der Waals surface area (Å²) >= 11 is 0. The highest BCUT2D eigenvalue weighted by Crippen LogP contribution is 2.34. The molecule has 0 N–H and O–H groups in total. The number of nitrogens with zero attached hydrogens (tertiary/aromatic N) is 4. The van der Waals surface area contributed by atoms with Crippen LogP contribution in [0.15, 0.2) is 112 Å². The van der Waals surface area contributed by atoms with Gasteiger partial charge in [-0.2, -0.15) is 15.3 Å². The van der Waals surface area contributed by atoms with Crippen LogP contribution in [0.1, 0.15) is 6.92 Å². The summed E-state index contributed by atoms with van der Waals surface area (Å²) < 4.78 is 0. The van der Waals surface area contributed by atoms with Crippen molar-refractivity contribution in [1.29, 1.82) is 0 Å². The van der Waals surface area contributed by atoms with Crippen LogP contribution >= 0.6 is 0 Å². The van der Waals surface area contributed by atoms with E-state index >= 15 is 0 Å². The van der Waals surface area contributed by atoms with E-state index in [-0.39, 0.29) is 0 Å². The maximum atomic E-state index is 4.40. The molecule has 0 saturated heterocycles. The summed E-state index contributed by atoms with van der Waals surface area (Å²) in [4.78, 5) is 0. The van der Waals surface area contributed by atoms with Gasteiger partial charge in [-0.1, -0.05) is 55.1 Å². The predicted molar refractivity (Wildman–Crippen MR) is 103 cm³/mol. The normalized spacial score (nSPS) is 12.3. The number of benzene rings is 3. The molecule has 0 atom stereocenters. The lowest BCUT2D eigenvalue weighted by molar-refractivity contribution is 1.13. The summed E-state index contributed by atoms with van der Waals surface area (Å²) in [6.07, 6.45) is 3.51. The van der Waals surface area contributed by atoms with E-state index in [1.807, 2.05) is 79.7 Å². The molecule has 3 aromatic carbocycles. The highest BCUT2D eigenvalue weighted by Gasteiger charge is 2.05. The summed E-state index contributed by atoms with van der Waals surface area (Å²) in [6.45, 7) is 5.55. The first-order valence-corrected chi connectivity index (χ1v) is 7.97. The zero-order chi connectivity index (χ0) is 17.5. The zero-order valence-corrected chi connectivity index (χ0v) is 14.0. The molecule has 0 bridgehead atoms. The van der Waals surface area contributed by atoms with E-state index in [9.17, 15) is 0 Å². The Balaban J connectivity index is 2.00. The number of rotatable bonds is 5. The molecular formula is C21H18N4. The Kier molecular flexibility index (Phi) is 5.22. The minimum absolute atomic E-state index is 0.797. The lowest BCUT2D eigenvalue weighted by Gasteiger charge is -2.04. The third-order valence-corrected chi connectivity index (χ3v) is 3.58. The molecule has 4 nitrogen and oxygen atoms in total. The molecule has 0 radical (unpaired) electrons. The van der Waals surface area contributed by atoms with Crippen LogP contribution in [-0.2, 0) is 0 Å². The van der Waals surface area contributed by atoms with Gasteiger partial charge in [-0.15, -0.1) is 5.11 Å². The molecule has 3 rings (SSSR count). The van der Waals surface area contributed by atoms with Crippen LogP contribution < -0.4 is 0 Å². The lowest BCUT2D eigenvalue weighted by Crippen LogP contribution is -1.75. The number of hydrogen-bond donors (Lipinski definition) is 0. The molecule has 0 aliphatic heterocycles. The Morgan fingerprint density at radius 2 is 1.36 bits per heavy atom. The Bertz CT molecular complexity index is 970. The number of allylic oxidation sites excluding steroid dienone is 3. The smallest absolute Gasteiger partial charge is 0.0936 e. The summed E-state index contributed by atoms with van der Waals surface area (Å²) in [6, 6.07) is 21.5. The maximum absolute atomic E-state index is 4.40. The molecule has 0 amide bonds. The van der Waals surface area contributed by atoms with Crippen LogP contribution in [0, 0.1) is 0 Å². The van der Waals surface area contributed by atoms with Crippen LogP contribution in [0.4, 0.5) is 17.1 Å². The fourth-order valence-electron chi connectivity index (χ4n) is 2.38. The van der Waals surface area contributed by atoms with E-state index in [1.54, 1.807) is 6.08 Å². The van der Waals surface area contributed by atoms with Gasteiger partial charge in [0.2, 0.25) is 0 Å². The third kappa shape index (κ3) is 4.12. The van der Waals surface area contributed by atoms with Crippen LogP contribution in [0.25, 0.3) is 10.8 Å². The van der Waals surface area contributed by atoms with E-state index in [0.717, 1.165) is 33.5 Å². The predicted octanol–water partition coefficient (Wildman–Crippen LogP) is 7.43. The molecule has 4 heteroatoms. The second kappa shape index (κ2) is 7.93. The van der Waals surface area contributed by atoms with Crippen molar-refractivity contribution in [2.24, 2.45) is 20.5 Å². The minimum atomic E-state index is 0.797. The fourth-order valence-corrected chi connectivity index (χ4v) is 2.38. The van der Waals surface area contributed by atoms with Gasteiger partial charge >= 0.3 is 0 Å². The van der Waals surface area contributed by atoms with E-state index in [4.69, 9.17) is 0 Å². The Morgan fingerprint density at radius 3 is 2.00 bits per heavy atom. The van der Waals surface area contributed by atoms with E-state index in [2.05, 4.69) is 27.0 Å². The number of fused-ring (bicyclic) bond motifs is 1. The lowest BCUT2D eigenvalue weighted by atomic mass is 10.1. The van der Waals surface area contributed by atoms with Crippen LogP contribution in [0.2, 0.25) is 0 Å². The SMILES string of the molecule is C=C/C=C(/C)N=Nc1ccc(N=Nc2ccccc2)c2ccccc12. The summed E-state index contributed by atoms with van der Waals surface area (Å²) in [5.74, 6) is 0. The van der Waals surface area contributed by atoms with Crippen molar-refractivity contribution in [1.82, 2.24) is 0 Å². The standard InChI is InChI=1S/C21H18N4/c1-3-9-16(2)22-24-20-14-15-21(19-13-8-7-12-18(19)20)25-23-17-10-5-4-6-11-17/h3-15H,1H2,2H3/b16-9-,24-22?,25-23?. The second-order valence-corrected chi connectivity index (χ2v) is 5.43. The Hall–Kier alpha value is -3.40. The van der Waals surface area contributed by atoms with Gasteiger partial charge in [0.05, 0.1) is 22.8 Å². The topological polar surface area (TPSA) is 49.4 Å². The molecular weight excluding hydrogens is 308 g/mol. The Morgan fingerprint density at radius 1 is 0.760 bits per heavy atom. The van der Waals surface area contributed by atoms with Crippen molar-refractivity contribution in [3.05, 3.63) is 91.2 Å². The van der Waals surface area contributed by atoms with Crippen molar-refractivity contribution < 1.29 is 0 Å². The zero-order valence-electron chi connectivity index (χ0n) is 14.0. The molecule has 0 saturated carbocycles. The number of hydrogen-bond acceptors (Lipinski definition) is 4. The summed E-state index contributed by atoms with van der Waals surface area (Å²) in [5, 5.41) is 19.2. The molecule has 0 aliphatic carbocycles. The molecule has 122 valence electrons. The summed E-state index contributed by atoms with van der Waals surface area (Å²) in [5.41, 5.74) is 3.22. The molecule has 0 unspecified atom stereocenters. The van der Waals surface area contributed by atoms with E-state index < -0.39 is 0 Å². The van der Waals surface area contributed by atoms with E-state index in [1.165, 1.54) is 0 Å². The molecule has 0 spiro atoms. The first-order chi connectivity index (χ1) is 12.3. The first kappa shape index (κ1) is 16.5. The molecule has 0 heterocycles. The van der Waals surface area contributed by atoms with Gasteiger partial charge in [0.25, 0.3) is 0 Å². The minimum Gasteiger partial charge on any atom is -0.155 e. The van der Waals surface area contributed by atoms with Gasteiger partial charge in [-0.3, -0.25) is 0 Å². The molecule has 0 fully saturated rings. The third-order valence-electron chi connectivity index (χ3n) is 3.58. The van der Waals surface area contributed by atoms with Crippen molar-refractivity contribution in [3.63, 3.8) is 0 Å². The first-order valence-electron chi connectivity index (χ1n) is 7.97. The van der Waals surface area contributed by atoms with Gasteiger partial charge in [-0.05, 0) is 37.3 Å². The highest BCUT2D eigenvalue weighted by molar-refractivity contribution is 5.99. The second-order valence-electron chi connectivity index (χ2n) is 5.43. The van der Waals surface area contributed by atoms with Crippen molar-refractivity contribution >= 4 is 27.8 Å². The monoisotopic (exact) mass is 326 g/mol. The van der Waals surface area contributed by atoms with Gasteiger partial charge in [0.15, 0.2) is 0 Å². The molecule has 0 aromatic heterocycles. The van der Waals surface area contributed by atoms with Crippen molar-refractivity contribution in [3.8, 4) is 0 Å². The van der Waals surface area contributed by atoms with Gasteiger partial charge in [0.1, 0.15) is 0 Å². The molecule has 25 heavy (non-hydrogen) atoms. The Labute approximate surface area is 147 Å². The van der Waals surface area contributed by atoms with Gasteiger partial charge in [0, 0.05) is 10.8 Å². The largest absolute Gasteiger partial charge is 0.155 e. The van der Waals surface area contributed by atoms with Crippen molar-refractivity contribution in [2.45, 2.75) is 6.92 Å². The summed E-state index contributed by atoms with van der Waals surface area (Å²) in [7, 11) is 0. The fraction of sp³-hybridized carbons (Fsp3) is 0.0476. The highest BCUT2D eigenvalue weighted by atomic mass is 15.1. The average Bonchev–Trinajstić information content (AvgIpc) is 2.66. The van der Waals surface area contributed by atoms with Gasteiger partial charge < -0.3 is 0 Å².